The Balaban J connectivity index is 3.44. The lowest BCUT2D eigenvalue weighted by Crippen LogP contribution is -2.08. The van der Waals surface area contributed by atoms with Gasteiger partial charge in [0.15, 0.2) is 0 Å². The Morgan fingerprint density at radius 1 is 1.36 bits per heavy atom. The van der Waals surface area contributed by atoms with Gasteiger partial charge in [-0.15, -0.1) is 12.6 Å². The summed E-state index contributed by atoms with van der Waals surface area (Å²) < 4.78 is 37.2. The second-order valence-corrected chi connectivity index (χ2v) is 3.26. The molecule has 1 aromatic rings. The van der Waals surface area contributed by atoms with E-state index in [1.165, 1.54) is 13.0 Å². The molecule has 0 aliphatic rings. The van der Waals surface area contributed by atoms with Gasteiger partial charge in [-0.2, -0.15) is 18.4 Å². The fourth-order valence-corrected chi connectivity index (χ4v) is 1.32. The number of benzene rings is 1. The summed E-state index contributed by atoms with van der Waals surface area (Å²) in [7, 11) is 0. The zero-order valence-corrected chi connectivity index (χ0v) is 8.08. The number of rotatable bonds is 0. The second-order valence-electron chi connectivity index (χ2n) is 2.78. The van der Waals surface area contributed by atoms with E-state index in [9.17, 15) is 13.2 Å². The van der Waals surface area contributed by atoms with Gasteiger partial charge >= 0.3 is 6.18 Å². The van der Waals surface area contributed by atoms with E-state index in [2.05, 4.69) is 12.6 Å². The van der Waals surface area contributed by atoms with E-state index in [-0.39, 0.29) is 16.0 Å². The van der Waals surface area contributed by atoms with Crippen molar-refractivity contribution in [2.45, 2.75) is 18.0 Å². The molecule has 5 heteroatoms. The first-order valence-corrected chi connectivity index (χ1v) is 4.12. The third-order valence-corrected chi connectivity index (χ3v) is 2.28. The largest absolute Gasteiger partial charge is 0.416 e. The second kappa shape index (κ2) is 3.54. The number of hydrogen-bond donors (Lipinski definition) is 1. The summed E-state index contributed by atoms with van der Waals surface area (Å²) in [4.78, 5) is 0.177. The van der Waals surface area contributed by atoms with Crippen molar-refractivity contribution in [1.82, 2.24) is 0 Å². The molecule has 0 aliphatic heterocycles. The molecule has 1 aromatic carbocycles. The van der Waals surface area contributed by atoms with Crippen molar-refractivity contribution in [2.24, 2.45) is 0 Å². The molecule has 0 aromatic heterocycles. The van der Waals surface area contributed by atoms with E-state index in [0.29, 0.717) is 0 Å². The molecule has 74 valence electrons. The van der Waals surface area contributed by atoms with Crippen LogP contribution in [-0.4, -0.2) is 0 Å². The van der Waals surface area contributed by atoms with Gasteiger partial charge in [0.05, 0.1) is 17.2 Å². The lowest BCUT2D eigenvalue weighted by Gasteiger charge is -2.11. The lowest BCUT2D eigenvalue weighted by atomic mass is 10.1. The Bertz CT molecular complexity index is 404. The van der Waals surface area contributed by atoms with Crippen molar-refractivity contribution in [3.05, 3.63) is 28.8 Å². The summed E-state index contributed by atoms with van der Waals surface area (Å²) in [6.07, 6.45) is -4.44. The Labute approximate surface area is 84.6 Å². The standard InChI is InChI=1S/C9H6F3NS/c1-5-7(9(10,11)12)2-6(4-13)3-8(5)14/h2-3,14H,1H3. The van der Waals surface area contributed by atoms with Crippen LogP contribution in [0.4, 0.5) is 13.2 Å². The number of halogens is 3. The summed E-state index contributed by atoms with van der Waals surface area (Å²) in [6.45, 7) is 1.33. The number of thiol groups is 1. The van der Waals surface area contributed by atoms with Crippen LogP contribution in [0.5, 0.6) is 0 Å². The first kappa shape index (κ1) is 10.9. The van der Waals surface area contributed by atoms with Gasteiger partial charge in [0.25, 0.3) is 0 Å². The highest BCUT2D eigenvalue weighted by atomic mass is 32.1. The summed E-state index contributed by atoms with van der Waals surface area (Å²) in [6, 6.07) is 3.80. The van der Waals surface area contributed by atoms with Gasteiger partial charge in [-0.1, -0.05) is 0 Å². The molecule has 0 bridgehead atoms. The monoisotopic (exact) mass is 217 g/mol. The minimum atomic E-state index is -4.44. The van der Waals surface area contributed by atoms with Crippen molar-refractivity contribution in [2.75, 3.05) is 0 Å². The number of alkyl halides is 3. The molecule has 0 fully saturated rings. The fourth-order valence-electron chi connectivity index (χ4n) is 1.06. The first-order chi connectivity index (χ1) is 6.36. The summed E-state index contributed by atoms with van der Waals surface area (Å²) in [5.41, 5.74) is -0.797. The minimum Gasteiger partial charge on any atom is -0.192 e. The van der Waals surface area contributed by atoms with Crippen molar-refractivity contribution in [3.8, 4) is 6.07 Å². The Hall–Kier alpha value is -1.15. The Kier molecular flexibility index (Phi) is 2.76. The molecular weight excluding hydrogens is 211 g/mol. The van der Waals surface area contributed by atoms with Gasteiger partial charge in [0, 0.05) is 4.90 Å². The van der Waals surface area contributed by atoms with E-state index in [1.807, 2.05) is 0 Å². The summed E-state index contributed by atoms with van der Waals surface area (Å²) in [5, 5.41) is 8.49. The Morgan fingerprint density at radius 3 is 2.36 bits per heavy atom. The van der Waals surface area contributed by atoms with Gasteiger partial charge in [0.2, 0.25) is 0 Å². The fraction of sp³-hybridized carbons (Fsp3) is 0.222. The number of nitriles is 1. The van der Waals surface area contributed by atoms with Gasteiger partial charge in [-0.3, -0.25) is 0 Å². The quantitative estimate of drug-likeness (QED) is 0.663. The average molecular weight is 217 g/mol. The molecule has 0 unspecified atom stereocenters. The maximum Gasteiger partial charge on any atom is 0.416 e. The van der Waals surface area contributed by atoms with Gasteiger partial charge < -0.3 is 0 Å². The van der Waals surface area contributed by atoms with Crippen molar-refractivity contribution in [3.63, 3.8) is 0 Å². The van der Waals surface area contributed by atoms with E-state index >= 15 is 0 Å². The topological polar surface area (TPSA) is 23.8 Å². The van der Waals surface area contributed by atoms with Crippen LogP contribution < -0.4 is 0 Å². The van der Waals surface area contributed by atoms with E-state index in [0.717, 1.165) is 6.07 Å². The highest BCUT2D eigenvalue weighted by molar-refractivity contribution is 7.80. The zero-order valence-electron chi connectivity index (χ0n) is 7.18. The van der Waals surface area contributed by atoms with Crippen LogP contribution in [0.3, 0.4) is 0 Å². The molecule has 14 heavy (non-hydrogen) atoms. The maximum atomic E-state index is 12.4. The maximum absolute atomic E-state index is 12.4. The lowest BCUT2D eigenvalue weighted by molar-refractivity contribution is -0.138. The molecule has 0 saturated carbocycles. The van der Waals surface area contributed by atoms with Crippen LogP contribution in [0.25, 0.3) is 0 Å². The molecule has 1 rings (SSSR count). The van der Waals surface area contributed by atoms with Crippen LogP contribution in [0.2, 0.25) is 0 Å². The smallest absolute Gasteiger partial charge is 0.192 e. The molecule has 0 radical (unpaired) electrons. The zero-order chi connectivity index (χ0) is 10.9. The predicted molar refractivity (Wildman–Crippen MR) is 48.1 cm³/mol. The third kappa shape index (κ3) is 2.02. The van der Waals surface area contributed by atoms with Gasteiger partial charge in [-0.05, 0) is 24.6 Å². The normalized spacial score (nSPS) is 11.1. The molecule has 0 amide bonds. The van der Waals surface area contributed by atoms with Crippen molar-refractivity contribution >= 4 is 12.6 Å². The van der Waals surface area contributed by atoms with E-state index in [4.69, 9.17) is 5.26 Å². The SMILES string of the molecule is Cc1c(S)cc(C#N)cc1C(F)(F)F. The molecule has 0 N–H and O–H groups in total. The van der Waals surface area contributed by atoms with Crippen LogP contribution in [0.15, 0.2) is 17.0 Å². The minimum absolute atomic E-state index is 0.0343. The molecule has 1 nitrogen and oxygen atoms in total. The molecular formula is C9H6F3NS. The van der Waals surface area contributed by atoms with Crippen molar-refractivity contribution in [1.29, 1.82) is 5.26 Å². The highest BCUT2D eigenvalue weighted by Crippen LogP contribution is 2.34. The molecule has 0 aliphatic carbocycles. The molecule has 0 spiro atoms. The van der Waals surface area contributed by atoms with Crippen molar-refractivity contribution < 1.29 is 13.2 Å². The van der Waals surface area contributed by atoms with Gasteiger partial charge in [-0.25, -0.2) is 0 Å². The van der Waals surface area contributed by atoms with Gasteiger partial charge in [0.1, 0.15) is 0 Å². The van der Waals surface area contributed by atoms with Crippen LogP contribution in [0, 0.1) is 18.3 Å². The predicted octanol–water partition coefficient (Wildman–Crippen LogP) is 3.17. The summed E-state index contributed by atoms with van der Waals surface area (Å²) >= 11 is 3.87. The molecule has 0 heterocycles. The third-order valence-electron chi connectivity index (χ3n) is 1.81. The molecule has 0 saturated heterocycles. The summed E-state index contributed by atoms with van der Waals surface area (Å²) in [5.74, 6) is 0. The van der Waals surface area contributed by atoms with E-state index in [1.54, 1.807) is 6.07 Å². The average Bonchev–Trinajstić information content (AvgIpc) is 2.07. The number of nitrogens with zero attached hydrogens (tertiary/aromatic N) is 1. The van der Waals surface area contributed by atoms with Crippen LogP contribution in [0.1, 0.15) is 16.7 Å². The van der Waals surface area contributed by atoms with Crippen LogP contribution >= 0.6 is 12.6 Å². The first-order valence-electron chi connectivity index (χ1n) is 3.67. The number of hydrogen-bond acceptors (Lipinski definition) is 2. The highest BCUT2D eigenvalue weighted by Gasteiger charge is 2.33. The molecule has 0 atom stereocenters. The Morgan fingerprint density at radius 2 is 1.93 bits per heavy atom. The van der Waals surface area contributed by atoms with Crippen LogP contribution in [-0.2, 0) is 6.18 Å². The van der Waals surface area contributed by atoms with E-state index < -0.39 is 11.7 Å².